The van der Waals surface area contributed by atoms with Crippen LogP contribution in [0.2, 0.25) is 0 Å². The SMILES string of the molecule is C[C@@H]1COc2ncc(F)cc2CN2c3nc4c(cnn4cc3OC[C@H]2CN)C(=O)N1. The van der Waals surface area contributed by atoms with Crippen molar-refractivity contribution in [2.75, 3.05) is 24.7 Å². The van der Waals surface area contributed by atoms with Gasteiger partial charge in [0.2, 0.25) is 5.88 Å². The number of ether oxygens (including phenoxy) is 2. The second-order valence-corrected chi connectivity index (χ2v) is 7.39. The number of carbonyl (C=O) groups is 1. The van der Waals surface area contributed by atoms with E-state index in [2.05, 4.69) is 20.4 Å². The number of rotatable bonds is 1. The Balaban J connectivity index is 1.70. The van der Waals surface area contributed by atoms with Crippen molar-refractivity contribution in [3.8, 4) is 11.6 Å². The first-order chi connectivity index (χ1) is 14.5. The van der Waals surface area contributed by atoms with Gasteiger partial charge >= 0.3 is 0 Å². The van der Waals surface area contributed by atoms with Gasteiger partial charge in [-0.25, -0.2) is 18.9 Å². The first-order valence-electron chi connectivity index (χ1n) is 9.59. The molecule has 2 atom stereocenters. The molecule has 0 saturated carbocycles. The van der Waals surface area contributed by atoms with Crippen molar-refractivity contribution >= 4 is 17.4 Å². The van der Waals surface area contributed by atoms with Gasteiger partial charge in [0.1, 0.15) is 24.6 Å². The zero-order chi connectivity index (χ0) is 20.8. The molecule has 5 heterocycles. The summed E-state index contributed by atoms with van der Waals surface area (Å²) in [4.78, 5) is 23.5. The predicted octanol–water partition coefficient (Wildman–Crippen LogP) is 0.500. The number of nitrogens with two attached hydrogens (primary N) is 1. The molecule has 0 radical (unpaired) electrons. The van der Waals surface area contributed by atoms with Gasteiger partial charge in [-0.2, -0.15) is 5.10 Å². The maximum Gasteiger partial charge on any atom is 0.257 e. The van der Waals surface area contributed by atoms with Crippen LogP contribution in [-0.2, 0) is 6.54 Å². The molecule has 1 amide bonds. The van der Waals surface area contributed by atoms with E-state index in [1.807, 2.05) is 11.8 Å². The third-order valence-electron chi connectivity index (χ3n) is 5.18. The molecule has 30 heavy (non-hydrogen) atoms. The maximum absolute atomic E-state index is 14.0. The van der Waals surface area contributed by atoms with E-state index in [0.29, 0.717) is 47.4 Å². The van der Waals surface area contributed by atoms with E-state index in [1.54, 1.807) is 6.20 Å². The molecule has 11 heteroatoms. The number of halogens is 1. The van der Waals surface area contributed by atoms with Crippen LogP contribution in [0.15, 0.2) is 24.7 Å². The topological polar surface area (TPSA) is 120 Å². The number of amides is 1. The largest absolute Gasteiger partial charge is 0.486 e. The van der Waals surface area contributed by atoms with Crippen LogP contribution in [0.3, 0.4) is 0 Å². The minimum absolute atomic E-state index is 0.168. The quantitative estimate of drug-likeness (QED) is 0.592. The highest BCUT2D eigenvalue weighted by molar-refractivity contribution is 6.00. The highest BCUT2D eigenvalue weighted by Gasteiger charge is 2.31. The van der Waals surface area contributed by atoms with Crippen LogP contribution in [0.1, 0.15) is 22.8 Å². The van der Waals surface area contributed by atoms with Gasteiger partial charge in [0.25, 0.3) is 5.91 Å². The molecule has 10 nitrogen and oxygen atoms in total. The Kier molecular flexibility index (Phi) is 4.39. The van der Waals surface area contributed by atoms with Crippen LogP contribution in [0, 0.1) is 5.82 Å². The number of hydrogen-bond acceptors (Lipinski definition) is 8. The summed E-state index contributed by atoms with van der Waals surface area (Å²) in [6, 6.07) is 0.864. The Morgan fingerprint density at radius 3 is 3.03 bits per heavy atom. The number of carbonyl (C=O) groups excluding carboxylic acids is 1. The molecule has 2 aliphatic heterocycles. The van der Waals surface area contributed by atoms with Gasteiger partial charge in [0.05, 0.1) is 37.2 Å². The molecule has 0 unspecified atom stereocenters. The number of hydrogen-bond donors (Lipinski definition) is 2. The van der Waals surface area contributed by atoms with Crippen molar-refractivity contribution in [3.05, 3.63) is 41.6 Å². The van der Waals surface area contributed by atoms with Crippen molar-refractivity contribution in [2.45, 2.75) is 25.6 Å². The first kappa shape index (κ1) is 18.6. The number of nitrogens with one attached hydrogen (secondary N) is 1. The second kappa shape index (κ2) is 7.10. The average Bonchev–Trinajstić information content (AvgIpc) is 3.14. The molecule has 5 rings (SSSR count). The maximum atomic E-state index is 14.0. The fraction of sp³-hybridized carbons (Fsp3) is 0.368. The molecule has 0 aliphatic carbocycles. The summed E-state index contributed by atoms with van der Waals surface area (Å²) in [5.74, 6) is 0.504. The van der Waals surface area contributed by atoms with Crippen LogP contribution in [-0.4, -0.2) is 57.3 Å². The van der Waals surface area contributed by atoms with E-state index in [4.69, 9.17) is 15.2 Å². The zero-order valence-electron chi connectivity index (χ0n) is 16.2. The predicted molar refractivity (Wildman–Crippen MR) is 104 cm³/mol. The minimum Gasteiger partial charge on any atom is -0.486 e. The van der Waals surface area contributed by atoms with Crippen LogP contribution in [0.5, 0.6) is 11.6 Å². The van der Waals surface area contributed by atoms with Gasteiger partial charge in [0, 0.05) is 12.1 Å². The van der Waals surface area contributed by atoms with Gasteiger partial charge < -0.3 is 25.4 Å². The summed E-state index contributed by atoms with van der Waals surface area (Å²) in [6.07, 6.45) is 4.25. The van der Waals surface area contributed by atoms with Crippen LogP contribution in [0.25, 0.3) is 5.65 Å². The lowest BCUT2D eigenvalue weighted by molar-refractivity contribution is 0.0927. The molecular formula is C19H20FN7O3. The molecule has 0 spiro atoms. The molecule has 0 saturated heterocycles. The van der Waals surface area contributed by atoms with Crippen molar-refractivity contribution in [1.82, 2.24) is 24.9 Å². The summed E-state index contributed by atoms with van der Waals surface area (Å²) in [5.41, 5.74) is 7.25. The molecule has 0 fully saturated rings. The lowest BCUT2D eigenvalue weighted by Crippen LogP contribution is -2.47. The van der Waals surface area contributed by atoms with E-state index in [1.165, 1.54) is 16.8 Å². The molecule has 156 valence electrons. The minimum atomic E-state index is -0.470. The zero-order valence-corrected chi connectivity index (χ0v) is 16.2. The smallest absolute Gasteiger partial charge is 0.257 e. The van der Waals surface area contributed by atoms with E-state index in [9.17, 15) is 9.18 Å². The molecule has 2 bridgehead atoms. The van der Waals surface area contributed by atoms with E-state index in [-0.39, 0.29) is 31.1 Å². The molecule has 2 aliphatic rings. The van der Waals surface area contributed by atoms with Crippen molar-refractivity contribution in [3.63, 3.8) is 0 Å². The van der Waals surface area contributed by atoms with Gasteiger partial charge in [-0.05, 0) is 13.0 Å². The Labute approximate surface area is 170 Å². The van der Waals surface area contributed by atoms with E-state index < -0.39 is 5.82 Å². The van der Waals surface area contributed by atoms with Gasteiger partial charge in [-0.1, -0.05) is 0 Å². The average molecular weight is 413 g/mol. The number of pyridine rings is 1. The fourth-order valence-electron chi connectivity index (χ4n) is 3.64. The van der Waals surface area contributed by atoms with Gasteiger partial charge in [-0.3, -0.25) is 4.79 Å². The Bertz CT molecular complexity index is 1130. The van der Waals surface area contributed by atoms with Crippen molar-refractivity contribution in [2.24, 2.45) is 5.73 Å². The van der Waals surface area contributed by atoms with E-state index >= 15 is 0 Å². The summed E-state index contributed by atoms with van der Waals surface area (Å²) >= 11 is 0. The normalized spacial score (nSPS) is 21.0. The monoisotopic (exact) mass is 413 g/mol. The molecule has 3 aromatic rings. The highest BCUT2D eigenvalue weighted by Crippen LogP contribution is 2.35. The molecule has 0 aromatic carbocycles. The number of aromatic nitrogens is 4. The molecule has 3 aromatic heterocycles. The number of fused-ring (bicyclic) bond motifs is 1. The van der Waals surface area contributed by atoms with Gasteiger partial charge in [0.15, 0.2) is 17.2 Å². The van der Waals surface area contributed by atoms with Crippen LogP contribution >= 0.6 is 0 Å². The fourth-order valence-corrected chi connectivity index (χ4v) is 3.64. The number of anilines is 1. The number of nitrogens with zero attached hydrogens (tertiary/aromatic N) is 5. The molecular weight excluding hydrogens is 393 g/mol. The lowest BCUT2D eigenvalue weighted by Gasteiger charge is -2.37. The van der Waals surface area contributed by atoms with Crippen LogP contribution < -0.4 is 25.4 Å². The van der Waals surface area contributed by atoms with Crippen LogP contribution in [0.4, 0.5) is 10.2 Å². The van der Waals surface area contributed by atoms with Crippen molar-refractivity contribution in [1.29, 1.82) is 0 Å². The highest BCUT2D eigenvalue weighted by atomic mass is 19.1. The summed E-state index contributed by atoms with van der Waals surface area (Å²) in [7, 11) is 0. The Morgan fingerprint density at radius 2 is 2.20 bits per heavy atom. The van der Waals surface area contributed by atoms with Gasteiger partial charge in [-0.15, -0.1) is 0 Å². The van der Waals surface area contributed by atoms with E-state index in [0.717, 1.165) is 6.20 Å². The standard InChI is InChI=1S/C19H20FN7O3/c1-10-8-30-19-11(2-12(20)4-22-19)6-26-13(3-21)9-29-15-7-27-16(25-17(15)26)14(5-23-27)18(28)24-10/h2,4-5,7,10,13H,3,6,8-9,21H2,1H3,(H,24,28)/t10-,13-/m1/s1. The summed E-state index contributed by atoms with van der Waals surface area (Å²) < 4.78 is 27.2. The third-order valence-corrected chi connectivity index (χ3v) is 5.18. The summed E-state index contributed by atoms with van der Waals surface area (Å²) in [5, 5.41) is 7.10. The second-order valence-electron chi connectivity index (χ2n) is 7.39. The Morgan fingerprint density at radius 1 is 1.33 bits per heavy atom. The van der Waals surface area contributed by atoms with Crippen molar-refractivity contribution < 1.29 is 18.7 Å². The first-order valence-corrected chi connectivity index (χ1v) is 9.59. The Hall–Kier alpha value is -3.47. The summed E-state index contributed by atoms with van der Waals surface area (Å²) in [6.45, 7) is 2.88. The molecule has 3 N–H and O–H groups in total. The lowest BCUT2D eigenvalue weighted by atomic mass is 10.1. The third kappa shape index (κ3) is 3.07.